The van der Waals surface area contributed by atoms with Crippen LogP contribution in [0.1, 0.15) is 42.9 Å². The summed E-state index contributed by atoms with van der Waals surface area (Å²) in [5, 5.41) is 0. The molecule has 3 unspecified atom stereocenters. The van der Waals surface area contributed by atoms with Crippen molar-refractivity contribution >= 4 is 5.91 Å². The van der Waals surface area contributed by atoms with Crippen LogP contribution in [0.5, 0.6) is 0 Å². The van der Waals surface area contributed by atoms with Gasteiger partial charge in [0.25, 0.3) is 0 Å². The van der Waals surface area contributed by atoms with Crippen molar-refractivity contribution in [2.24, 2.45) is 11.8 Å². The number of carbonyl (C=O) groups is 1. The fourth-order valence-electron chi connectivity index (χ4n) is 4.26. The van der Waals surface area contributed by atoms with Crippen molar-refractivity contribution < 1.29 is 9.18 Å². The van der Waals surface area contributed by atoms with Gasteiger partial charge in [-0.2, -0.15) is 0 Å². The van der Waals surface area contributed by atoms with Crippen LogP contribution in [-0.4, -0.2) is 28.9 Å². The van der Waals surface area contributed by atoms with Gasteiger partial charge >= 0.3 is 0 Å². The van der Waals surface area contributed by atoms with Crippen molar-refractivity contribution in [1.29, 1.82) is 0 Å². The summed E-state index contributed by atoms with van der Waals surface area (Å²) in [5.41, 5.74) is 2.22. The average Bonchev–Trinajstić information content (AvgIpc) is 3.33. The first-order valence-corrected chi connectivity index (χ1v) is 9.10. The van der Waals surface area contributed by atoms with E-state index in [1.165, 1.54) is 17.8 Å². The highest BCUT2D eigenvalue weighted by Gasteiger charge is 2.53. The van der Waals surface area contributed by atoms with Crippen LogP contribution in [0.25, 0.3) is 0 Å². The number of likely N-dealkylation sites (tertiary alicyclic amines) is 1. The molecular weight excluding hydrogens is 315 g/mol. The van der Waals surface area contributed by atoms with E-state index in [1.807, 2.05) is 23.1 Å². The fraction of sp³-hybridized carbons (Fsp3) is 0.429. The number of halogens is 1. The van der Waals surface area contributed by atoms with Crippen LogP contribution in [0.4, 0.5) is 4.39 Å². The van der Waals surface area contributed by atoms with Crippen LogP contribution in [0.2, 0.25) is 0 Å². The van der Waals surface area contributed by atoms with Gasteiger partial charge in [0.2, 0.25) is 5.91 Å². The highest BCUT2D eigenvalue weighted by molar-refractivity contribution is 5.83. The SMILES string of the molecule is CC1C(C(=O)N2CCC(c3ccc(F)cn3)CC2)C1c1ccccc1. The predicted octanol–water partition coefficient (Wildman–Crippen LogP) is 3.98. The van der Waals surface area contributed by atoms with E-state index >= 15 is 0 Å². The van der Waals surface area contributed by atoms with Crippen LogP contribution < -0.4 is 0 Å². The third-order valence-corrected chi connectivity index (χ3v) is 5.82. The number of benzene rings is 1. The molecule has 0 spiro atoms. The summed E-state index contributed by atoms with van der Waals surface area (Å²) in [4.78, 5) is 19.1. The second-order valence-electron chi connectivity index (χ2n) is 7.32. The van der Waals surface area contributed by atoms with Gasteiger partial charge in [-0.3, -0.25) is 9.78 Å². The number of pyridine rings is 1. The smallest absolute Gasteiger partial charge is 0.226 e. The van der Waals surface area contributed by atoms with Gasteiger partial charge in [-0.15, -0.1) is 0 Å². The number of aromatic nitrogens is 1. The van der Waals surface area contributed by atoms with E-state index < -0.39 is 0 Å². The van der Waals surface area contributed by atoms with E-state index in [0.717, 1.165) is 31.6 Å². The van der Waals surface area contributed by atoms with E-state index in [9.17, 15) is 9.18 Å². The zero-order valence-electron chi connectivity index (χ0n) is 14.4. The fourth-order valence-corrected chi connectivity index (χ4v) is 4.26. The van der Waals surface area contributed by atoms with Crippen molar-refractivity contribution in [2.75, 3.05) is 13.1 Å². The molecule has 0 N–H and O–H groups in total. The summed E-state index contributed by atoms with van der Waals surface area (Å²) in [6, 6.07) is 13.6. The zero-order valence-corrected chi connectivity index (χ0v) is 14.4. The van der Waals surface area contributed by atoms with Crippen LogP contribution in [0.15, 0.2) is 48.7 Å². The van der Waals surface area contributed by atoms with E-state index in [4.69, 9.17) is 0 Å². The Kier molecular flexibility index (Phi) is 4.28. The lowest BCUT2D eigenvalue weighted by atomic mass is 9.92. The van der Waals surface area contributed by atoms with Crippen LogP contribution in [-0.2, 0) is 4.79 Å². The monoisotopic (exact) mass is 338 g/mol. The second kappa shape index (κ2) is 6.58. The summed E-state index contributed by atoms with van der Waals surface area (Å²) in [7, 11) is 0. The molecular formula is C21H23FN2O. The molecule has 3 atom stereocenters. The molecule has 130 valence electrons. The minimum atomic E-state index is -0.300. The lowest BCUT2D eigenvalue weighted by molar-refractivity contribution is -0.134. The maximum absolute atomic E-state index is 13.0. The largest absolute Gasteiger partial charge is 0.342 e. The van der Waals surface area contributed by atoms with E-state index in [-0.39, 0.29) is 11.7 Å². The molecule has 2 heterocycles. The van der Waals surface area contributed by atoms with Gasteiger partial charge in [0.05, 0.1) is 6.20 Å². The lowest BCUT2D eigenvalue weighted by Crippen LogP contribution is -2.39. The first kappa shape index (κ1) is 16.2. The number of nitrogens with zero attached hydrogens (tertiary/aromatic N) is 2. The topological polar surface area (TPSA) is 33.2 Å². The number of piperidine rings is 1. The molecule has 2 aromatic rings. The van der Waals surface area contributed by atoms with Gasteiger partial charge in [-0.05, 0) is 42.4 Å². The molecule has 1 aromatic heterocycles. The Morgan fingerprint density at radius 3 is 2.48 bits per heavy atom. The molecule has 2 fully saturated rings. The van der Waals surface area contributed by atoms with Crippen LogP contribution >= 0.6 is 0 Å². The molecule has 1 saturated carbocycles. The standard InChI is InChI=1S/C21H23FN2O/c1-14-19(16-5-3-2-4-6-16)20(14)21(25)24-11-9-15(10-12-24)18-8-7-17(22)13-23-18/h2-8,13-15,19-20H,9-12H2,1H3. The van der Waals surface area contributed by atoms with Crippen molar-refractivity contribution in [3.8, 4) is 0 Å². The van der Waals surface area contributed by atoms with E-state index in [2.05, 4.69) is 24.0 Å². The third-order valence-electron chi connectivity index (χ3n) is 5.82. The van der Waals surface area contributed by atoms with Gasteiger partial charge in [-0.1, -0.05) is 37.3 Å². The number of rotatable bonds is 3. The molecule has 1 saturated heterocycles. The number of hydrogen-bond donors (Lipinski definition) is 0. The Labute approximate surface area is 147 Å². The van der Waals surface area contributed by atoms with Crippen LogP contribution in [0.3, 0.4) is 0 Å². The summed E-state index contributed by atoms with van der Waals surface area (Å²) >= 11 is 0. The summed E-state index contributed by atoms with van der Waals surface area (Å²) in [5.74, 6) is 1.24. The summed E-state index contributed by atoms with van der Waals surface area (Å²) in [6.07, 6.45) is 3.09. The molecule has 3 nitrogen and oxygen atoms in total. The Morgan fingerprint density at radius 1 is 1.12 bits per heavy atom. The second-order valence-corrected chi connectivity index (χ2v) is 7.32. The predicted molar refractivity (Wildman–Crippen MR) is 94.6 cm³/mol. The molecule has 25 heavy (non-hydrogen) atoms. The Balaban J connectivity index is 1.36. The van der Waals surface area contributed by atoms with Gasteiger partial charge in [0.15, 0.2) is 0 Å². The van der Waals surface area contributed by atoms with Crippen LogP contribution in [0, 0.1) is 17.7 Å². The molecule has 1 amide bonds. The van der Waals surface area contributed by atoms with Gasteiger partial charge in [0.1, 0.15) is 5.82 Å². The minimum Gasteiger partial charge on any atom is -0.342 e. The molecule has 2 aliphatic rings. The van der Waals surface area contributed by atoms with Crippen molar-refractivity contribution in [3.63, 3.8) is 0 Å². The first-order valence-electron chi connectivity index (χ1n) is 9.10. The highest BCUT2D eigenvalue weighted by atomic mass is 19.1. The number of hydrogen-bond acceptors (Lipinski definition) is 2. The Bertz CT molecular complexity index is 738. The molecule has 1 aliphatic heterocycles. The van der Waals surface area contributed by atoms with Crippen molar-refractivity contribution in [2.45, 2.75) is 31.6 Å². The minimum absolute atomic E-state index is 0.128. The maximum Gasteiger partial charge on any atom is 0.226 e. The molecule has 4 rings (SSSR count). The molecule has 1 aromatic carbocycles. The highest BCUT2D eigenvalue weighted by Crippen LogP contribution is 2.54. The normalized spacial score (nSPS) is 26.5. The van der Waals surface area contributed by atoms with Crippen molar-refractivity contribution in [3.05, 3.63) is 65.7 Å². The third kappa shape index (κ3) is 3.17. The lowest BCUT2D eigenvalue weighted by Gasteiger charge is -2.32. The molecule has 0 bridgehead atoms. The van der Waals surface area contributed by atoms with Crippen molar-refractivity contribution in [1.82, 2.24) is 9.88 Å². The number of amides is 1. The maximum atomic E-state index is 13.0. The van der Waals surface area contributed by atoms with Gasteiger partial charge < -0.3 is 4.90 Å². The Hall–Kier alpha value is -2.23. The molecule has 4 heteroatoms. The Morgan fingerprint density at radius 2 is 1.84 bits per heavy atom. The zero-order chi connectivity index (χ0) is 17.4. The van der Waals surface area contributed by atoms with E-state index in [1.54, 1.807) is 6.07 Å². The quantitative estimate of drug-likeness (QED) is 0.848. The summed E-state index contributed by atoms with van der Waals surface area (Å²) in [6.45, 7) is 3.72. The van der Waals surface area contributed by atoms with Gasteiger partial charge in [0, 0.05) is 30.6 Å². The first-order chi connectivity index (χ1) is 12.1. The molecule has 0 radical (unpaired) electrons. The molecule has 1 aliphatic carbocycles. The van der Waals surface area contributed by atoms with E-state index in [0.29, 0.717) is 23.7 Å². The van der Waals surface area contributed by atoms with Gasteiger partial charge in [-0.25, -0.2) is 4.39 Å². The average molecular weight is 338 g/mol. The summed E-state index contributed by atoms with van der Waals surface area (Å²) < 4.78 is 13.0. The number of carbonyl (C=O) groups excluding carboxylic acids is 1.